The SMILES string of the molecule is CCCNCc1nc(COCC2CCCC2)cs1. The number of aromatic nitrogens is 1. The van der Waals surface area contributed by atoms with E-state index in [0.717, 1.165) is 31.3 Å². The fourth-order valence-corrected chi connectivity index (χ4v) is 3.12. The lowest BCUT2D eigenvalue weighted by Gasteiger charge is -2.08. The van der Waals surface area contributed by atoms with Gasteiger partial charge in [-0.1, -0.05) is 19.8 Å². The van der Waals surface area contributed by atoms with E-state index in [1.54, 1.807) is 11.3 Å². The van der Waals surface area contributed by atoms with Gasteiger partial charge in [0.15, 0.2) is 0 Å². The van der Waals surface area contributed by atoms with E-state index in [2.05, 4.69) is 22.6 Å². The van der Waals surface area contributed by atoms with Crippen LogP contribution >= 0.6 is 11.3 Å². The van der Waals surface area contributed by atoms with Gasteiger partial charge < -0.3 is 10.1 Å². The molecule has 1 heterocycles. The maximum Gasteiger partial charge on any atom is 0.107 e. The van der Waals surface area contributed by atoms with Crippen LogP contribution in [0.5, 0.6) is 0 Å². The Hall–Kier alpha value is -0.450. The Bertz CT molecular complexity index is 334. The first kappa shape index (κ1) is 14.0. The normalized spacial score (nSPS) is 16.5. The summed E-state index contributed by atoms with van der Waals surface area (Å²) in [7, 11) is 0. The van der Waals surface area contributed by atoms with Crippen LogP contribution in [0.4, 0.5) is 0 Å². The molecule has 0 unspecified atom stereocenters. The minimum absolute atomic E-state index is 0.681. The standard InChI is InChI=1S/C14H24N2OS/c1-2-7-15-8-14-16-13(11-18-14)10-17-9-12-5-3-4-6-12/h11-12,15H,2-10H2,1H3. The zero-order valence-electron chi connectivity index (χ0n) is 11.3. The number of hydrogen-bond donors (Lipinski definition) is 1. The third-order valence-electron chi connectivity index (χ3n) is 3.38. The zero-order chi connectivity index (χ0) is 12.6. The molecular formula is C14H24N2OS. The second kappa shape index (κ2) is 7.87. The molecule has 18 heavy (non-hydrogen) atoms. The summed E-state index contributed by atoms with van der Waals surface area (Å²) in [5.41, 5.74) is 1.09. The summed E-state index contributed by atoms with van der Waals surface area (Å²) in [5, 5.41) is 6.66. The van der Waals surface area contributed by atoms with E-state index >= 15 is 0 Å². The third kappa shape index (κ3) is 4.67. The van der Waals surface area contributed by atoms with Crippen molar-refractivity contribution in [2.75, 3.05) is 13.2 Å². The Balaban J connectivity index is 1.63. The maximum atomic E-state index is 5.77. The first-order valence-electron chi connectivity index (χ1n) is 7.10. The van der Waals surface area contributed by atoms with Crippen LogP contribution in [0.25, 0.3) is 0 Å². The molecule has 1 saturated carbocycles. The monoisotopic (exact) mass is 268 g/mol. The van der Waals surface area contributed by atoms with Crippen molar-refractivity contribution in [3.05, 3.63) is 16.1 Å². The molecule has 1 fully saturated rings. The van der Waals surface area contributed by atoms with Crippen molar-refractivity contribution in [2.24, 2.45) is 5.92 Å². The molecule has 0 radical (unpaired) electrons. The van der Waals surface area contributed by atoms with Crippen molar-refractivity contribution in [3.8, 4) is 0 Å². The molecule has 1 aliphatic rings. The zero-order valence-corrected chi connectivity index (χ0v) is 12.1. The van der Waals surface area contributed by atoms with E-state index in [9.17, 15) is 0 Å². The Morgan fingerprint density at radius 3 is 3.06 bits per heavy atom. The van der Waals surface area contributed by atoms with Crippen LogP contribution in [0, 0.1) is 5.92 Å². The molecule has 0 saturated heterocycles. The lowest BCUT2D eigenvalue weighted by atomic mass is 10.1. The smallest absolute Gasteiger partial charge is 0.107 e. The molecule has 0 aliphatic heterocycles. The summed E-state index contributed by atoms with van der Waals surface area (Å²) in [6.07, 6.45) is 6.64. The highest BCUT2D eigenvalue weighted by Crippen LogP contribution is 2.25. The van der Waals surface area contributed by atoms with Crippen molar-refractivity contribution in [1.82, 2.24) is 10.3 Å². The van der Waals surface area contributed by atoms with Crippen LogP contribution in [0.15, 0.2) is 5.38 Å². The van der Waals surface area contributed by atoms with Crippen LogP contribution in [-0.2, 0) is 17.9 Å². The average molecular weight is 268 g/mol. The minimum atomic E-state index is 0.681. The summed E-state index contributed by atoms with van der Waals surface area (Å²) in [5.74, 6) is 0.800. The number of rotatable bonds is 8. The molecule has 1 aromatic heterocycles. The number of ether oxygens (including phenoxy) is 1. The lowest BCUT2D eigenvalue weighted by Crippen LogP contribution is -2.13. The van der Waals surface area contributed by atoms with Crippen LogP contribution in [0.2, 0.25) is 0 Å². The average Bonchev–Trinajstić information content (AvgIpc) is 3.01. The predicted molar refractivity (Wildman–Crippen MR) is 75.7 cm³/mol. The van der Waals surface area contributed by atoms with Gasteiger partial charge in [0.2, 0.25) is 0 Å². The molecule has 0 aromatic carbocycles. The van der Waals surface area contributed by atoms with Gasteiger partial charge in [0.1, 0.15) is 5.01 Å². The van der Waals surface area contributed by atoms with Crippen molar-refractivity contribution < 1.29 is 4.74 Å². The summed E-state index contributed by atoms with van der Waals surface area (Å²) in [4.78, 5) is 4.58. The molecule has 3 nitrogen and oxygen atoms in total. The van der Waals surface area contributed by atoms with E-state index in [0.29, 0.717) is 6.61 Å². The molecule has 1 aliphatic carbocycles. The molecule has 0 amide bonds. The molecule has 2 rings (SSSR count). The van der Waals surface area contributed by atoms with Crippen molar-refractivity contribution in [3.63, 3.8) is 0 Å². The molecular weight excluding hydrogens is 244 g/mol. The van der Waals surface area contributed by atoms with Crippen molar-refractivity contribution in [2.45, 2.75) is 52.2 Å². The summed E-state index contributed by atoms with van der Waals surface area (Å²) >= 11 is 1.73. The summed E-state index contributed by atoms with van der Waals surface area (Å²) < 4.78 is 5.77. The Labute approximate surface area is 114 Å². The van der Waals surface area contributed by atoms with Gasteiger partial charge in [-0.25, -0.2) is 4.98 Å². The molecule has 102 valence electrons. The van der Waals surface area contributed by atoms with Gasteiger partial charge in [-0.3, -0.25) is 0 Å². The molecule has 1 N–H and O–H groups in total. The van der Waals surface area contributed by atoms with Crippen molar-refractivity contribution in [1.29, 1.82) is 0 Å². The number of nitrogens with one attached hydrogen (secondary N) is 1. The van der Waals surface area contributed by atoms with Crippen molar-refractivity contribution >= 4 is 11.3 Å². The number of nitrogens with zero attached hydrogens (tertiary/aromatic N) is 1. The van der Waals surface area contributed by atoms with Gasteiger partial charge >= 0.3 is 0 Å². The van der Waals surface area contributed by atoms with Crippen LogP contribution < -0.4 is 5.32 Å². The van der Waals surface area contributed by atoms with Crippen LogP contribution in [0.3, 0.4) is 0 Å². The first-order valence-corrected chi connectivity index (χ1v) is 7.98. The molecule has 0 bridgehead atoms. The van der Waals surface area contributed by atoms with Gasteiger partial charge in [0.25, 0.3) is 0 Å². The first-order chi connectivity index (χ1) is 8.88. The number of thiazole rings is 1. The second-order valence-electron chi connectivity index (χ2n) is 5.07. The van der Waals surface area contributed by atoms with Gasteiger partial charge in [-0.05, 0) is 31.7 Å². The predicted octanol–water partition coefficient (Wildman–Crippen LogP) is 3.35. The molecule has 0 spiro atoms. The minimum Gasteiger partial charge on any atom is -0.375 e. The van der Waals surface area contributed by atoms with Gasteiger partial charge in [-0.15, -0.1) is 11.3 Å². The van der Waals surface area contributed by atoms with Gasteiger partial charge in [-0.2, -0.15) is 0 Å². The van der Waals surface area contributed by atoms with Gasteiger partial charge in [0.05, 0.1) is 12.3 Å². The summed E-state index contributed by atoms with van der Waals surface area (Å²) in [6.45, 7) is 5.73. The van der Waals surface area contributed by atoms with E-state index in [1.165, 1.54) is 37.1 Å². The summed E-state index contributed by atoms with van der Waals surface area (Å²) in [6, 6.07) is 0. The lowest BCUT2D eigenvalue weighted by molar-refractivity contribution is 0.0869. The largest absolute Gasteiger partial charge is 0.375 e. The molecule has 4 heteroatoms. The number of hydrogen-bond acceptors (Lipinski definition) is 4. The fourth-order valence-electron chi connectivity index (χ4n) is 2.38. The highest BCUT2D eigenvalue weighted by molar-refractivity contribution is 7.09. The maximum absolute atomic E-state index is 5.77. The van der Waals surface area contributed by atoms with E-state index < -0.39 is 0 Å². The van der Waals surface area contributed by atoms with Gasteiger partial charge in [0, 0.05) is 18.5 Å². The molecule has 1 aromatic rings. The quantitative estimate of drug-likeness (QED) is 0.734. The van der Waals surface area contributed by atoms with E-state index in [4.69, 9.17) is 4.74 Å². The van der Waals surface area contributed by atoms with Crippen LogP contribution in [0.1, 0.15) is 49.7 Å². The van der Waals surface area contributed by atoms with Crippen LogP contribution in [-0.4, -0.2) is 18.1 Å². The highest BCUT2D eigenvalue weighted by atomic mass is 32.1. The van der Waals surface area contributed by atoms with E-state index in [1.807, 2.05) is 0 Å². The fraction of sp³-hybridized carbons (Fsp3) is 0.786. The van der Waals surface area contributed by atoms with E-state index in [-0.39, 0.29) is 0 Å². The third-order valence-corrected chi connectivity index (χ3v) is 4.28. The highest BCUT2D eigenvalue weighted by Gasteiger charge is 2.14. The Morgan fingerprint density at radius 2 is 2.28 bits per heavy atom. The molecule has 0 atom stereocenters. The Kier molecular flexibility index (Phi) is 6.11. The topological polar surface area (TPSA) is 34.2 Å². The second-order valence-corrected chi connectivity index (χ2v) is 6.02. The Morgan fingerprint density at radius 1 is 1.44 bits per heavy atom.